The van der Waals surface area contributed by atoms with Crippen LogP contribution in [0, 0.1) is 6.92 Å². The molecule has 4 heterocycles. The fourth-order valence-corrected chi connectivity index (χ4v) is 4.82. The van der Waals surface area contributed by atoms with Gasteiger partial charge in [0, 0.05) is 25.7 Å². The van der Waals surface area contributed by atoms with Gasteiger partial charge in [-0.1, -0.05) is 0 Å². The molecule has 0 amide bonds. The lowest BCUT2D eigenvalue weighted by Crippen LogP contribution is -2.34. The molecule has 1 aliphatic heterocycles. The molecule has 3 aromatic heterocycles. The summed E-state index contributed by atoms with van der Waals surface area (Å²) in [5, 5.41) is 7.39. The van der Waals surface area contributed by atoms with Crippen LogP contribution in [0.2, 0.25) is 0 Å². The highest BCUT2D eigenvalue weighted by atomic mass is 32.2. The van der Waals surface area contributed by atoms with E-state index in [-0.39, 0.29) is 31.1 Å². The minimum absolute atomic E-state index is 0.0316. The smallest absolute Gasteiger partial charge is 0.240 e. The fourth-order valence-electron chi connectivity index (χ4n) is 3.68. The average Bonchev–Trinajstić information content (AvgIpc) is 3.15. The molecule has 12 nitrogen and oxygen atoms in total. The number of hydrogen-bond donors (Lipinski definition) is 1. The molecule has 0 spiro atoms. The van der Waals surface area contributed by atoms with E-state index < -0.39 is 27.4 Å². The lowest BCUT2D eigenvalue weighted by atomic mass is 10.2. The predicted octanol–water partition coefficient (Wildman–Crippen LogP) is 2.31. The number of nitrogens with one attached hydrogen (secondary N) is 1. The van der Waals surface area contributed by atoms with E-state index >= 15 is 0 Å². The first-order chi connectivity index (χ1) is 16.7. The SMILES string of the molecule is COC(c1ncc(C)cn1)C(C)S(=O)(=O)Nc1nnc2n1[C@@H](COC(C)C)COc1ncccc1-2. The number of pyridine rings is 1. The summed E-state index contributed by atoms with van der Waals surface area (Å²) in [7, 11) is -2.59. The Balaban J connectivity index is 1.69. The van der Waals surface area contributed by atoms with Crippen molar-refractivity contribution in [2.24, 2.45) is 0 Å². The molecule has 0 saturated carbocycles. The van der Waals surface area contributed by atoms with Crippen molar-refractivity contribution in [1.82, 2.24) is 29.7 Å². The van der Waals surface area contributed by atoms with E-state index in [1.807, 2.05) is 20.8 Å². The maximum absolute atomic E-state index is 13.4. The molecule has 0 radical (unpaired) electrons. The number of aryl methyl sites for hydroxylation is 1. The van der Waals surface area contributed by atoms with Crippen LogP contribution < -0.4 is 9.46 Å². The summed E-state index contributed by atoms with van der Waals surface area (Å²) in [4.78, 5) is 12.8. The van der Waals surface area contributed by atoms with Gasteiger partial charge < -0.3 is 14.2 Å². The minimum atomic E-state index is -4.01. The van der Waals surface area contributed by atoms with Crippen molar-refractivity contribution in [2.75, 3.05) is 25.0 Å². The van der Waals surface area contributed by atoms with E-state index in [1.165, 1.54) is 14.0 Å². The Bertz CT molecular complexity index is 1260. The summed E-state index contributed by atoms with van der Waals surface area (Å²) in [6, 6.07) is 3.15. The lowest BCUT2D eigenvalue weighted by Gasteiger charge is -2.24. The number of methoxy groups -OCH3 is 1. The van der Waals surface area contributed by atoms with Gasteiger partial charge in [0.15, 0.2) is 11.6 Å². The van der Waals surface area contributed by atoms with Gasteiger partial charge in [-0.25, -0.2) is 23.4 Å². The highest BCUT2D eigenvalue weighted by molar-refractivity contribution is 7.93. The second-order valence-corrected chi connectivity index (χ2v) is 10.6. The summed E-state index contributed by atoms with van der Waals surface area (Å²) in [6.45, 7) is 7.68. The number of fused-ring (bicyclic) bond motifs is 3. The minimum Gasteiger partial charge on any atom is -0.475 e. The zero-order chi connectivity index (χ0) is 25.2. The Labute approximate surface area is 204 Å². The van der Waals surface area contributed by atoms with E-state index in [4.69, 9.17) is 14.2 Å². The van der Waals surface area contributed by atoms with E-state index in [1.54, 1.807) is 35.3 Å². The average molecular weight is 504 g/mol. The molecule has 4 rings (SSSR count). The quantitative estimate of drug-likeness (QED) is 0.462. The number of ether oxygens (including phenoxy) is 3. The van der Waals surface area contributed by atoms with Crippen LogP contribution in [-0.4, -0.2) is 69.8 Å². The second kappa shape index (κ2) is 10.2. The summed E-state index contributed by atoms with van der Waals surface area (Å²) in [6.07, 6.45) is 3.92. The Morgan fingerprint density at radius 1 is 1.20 bits per heavy atom. The Kier molecular flexibility index (Phi) is 7.28. The van der Waals surface area contributed by atoms with E-state index in [2.05, 4.69) is 29.9 Å². The second-order valence-electron chi connectivity index (χ2n) is 8.55. The van der Waals surface area contributed by atoms with Crippen LogP contribution in [0.1, 0.15) is 44.3 Å². The molecule has 0 saturated heterocycles. The molecule has 0 bridgehead atoms. The van der Waals surface area contributed by atoms with Crippen LogP contribution in [0.4, 0.5) is 5.95 Å². The lowest BCUT2D eigenvalue weighted by molar-refractivity contribution is 0.0426. The van der Waals surface area contributed by atoms with Crippen LogP contribution in [0.25, 0.3) is 11.4 Å². The number of anilines is 1. The van der Waals surface area contributed by atoms with E-state index in [0.717, 1.165) is 5.56 Å². The molecule has 0 fully saturated rings. The molecule has 3 aromatic rings. The van der Waals surface area contributed by atoms with Crippen molar-refractivity contribution < 1.29 is 22.6 Å². The number of rotatable bonds is 9. The van der Waals surface area contributed by atoms with Crippen molar-refractivity contribution in [2.45, 2.75) is 51.2 Å². The standard InChI is InChI=1S/C22H29N7O5S/c1-13(2)33-11-16-12-34-21-17(7-6-8-23-21)20-26-27-22(29(16)20)28-35(30,31)15(4)18(32-5)19-24-9-14(3)10-25-19/h6-10,13,15-16,18H,11-12H2,1-5H3,(H,27,28)/t15?,16-,18?/m0/s1. The van der Waals surface area contributed by atoms with Crippen LogP contribution in [-0.2, 0) is 19.5 Å². The van der Waals surface area contributed by atoms with E-state index in [9.17, 15) is 8.42 Å². The molecular formula is C22H29N7O5S. The molecule has 0 aromatic carbocycles. The maximum Gasteiger partial charge on any atom is 0.240 e. The van der Waals surface area contributed by atoms with Crippen LogP contribution in [0.5, 0.6) is 5.88 Å². The first-order valence-corrected chi connectivity index (χ1v) is 12.7. The third-order valence-corrected chi connectivity index (χ3v) is 7.26. The summed E-state index contributed by atoms with van der Waals surface area (Å²) < 4.78 is 48.3. The molecule has 13 heteroatoms. The van der Waals surface area contributed by atoms with Crippen LogP contribution >= 0.6 is 0 Å². The largest absolute Gasteiger partial charge is 0.475 e. The maximum atomic E-state index is 13.4. The fraction of sp³-hybridized carbons (Fsp3) is 0.500. The zero-order valence-corrected chi connectivity index (χ0v) is 21.1. The summed E-state index contributed by atoms with van der Waals surface area (Å²) in [5.41, 5.74) is 1.46. The Morgan fingerprint density at radius 2 is 1.94 bits per heavy atom. The van der Waals surface area contributed by atoms with Gasteiger partial charge in [0.2, 0.25) is 21.9 Å². The number of hydrogen-bond acceptors (Lipinski definition) is 10. The number of aromatic nitrogens is 6. The highest BCUT2D eigenvalue weighted by Gasteiger charge is 2.36. The van der Waals surface area contributed by atoms with Gasteiger partial charge in [0.25, 0.3) is 0 Å². The highest BCUT2D eigenvalue weighted by Crippen LogP contribution is 2.35. The van der Waals surface area contributed by atoms with Gasteiger partial charge in [-0.05, 0) is 45.4 Å². The number of sulfonamides is 1. The molecule has 1 N–H and O–H groups in total. The van der Waals surface area contributed by atoms with Crippen molar-refractivity contribution >= 4 is 16.0 Å². The molecule has 1 aliphatic rings. The monoisotopic (exact) mass is 503 g/mol. The summed E-state index contributed by atoms with van der Waals surface area (Å²) >= 11 is 0. The third kappa shape index (κ3) is 5.26. The van der Waals surface area contributed by atoms with Gasteiger partial charge in [-0.2, -0.15) is 0 Å². The first-order valence-electron chi connectivity index (χ1n) is 11.2. The van der Waals surface area contributed by atoms with Gasteiger partial charge in [0.1, 0.15) is 18.0 Å². The van der Waals surface area contributed by atoms with Crippen molar-refractivity contribution in [1.29, 1.82) is 0 Å². The molecular weight excluding hydrogens is 474 g/mol. The van der Waals surface area contributed by atoms with Crippen molar-refractivity contribution in [3.05, 3.63) is 42.1 Å². The van der Waals surface area contributed by atoms with Gasteiger partial charge in [0.05, 0.1) is 24.3 Å². The third-order valence-electron chi connectivity index (χ3n) is 5.57. The Hall–Kier alpha value is -3.16. The molecule has 35 heavy (non-hydrogen) atoms. The molecule has 0 aliphatic carbocycles. The number of nitrogens with zero attached hydrogens (tertiary/aromatic N) is 6. The van der Waals surface area contributed by atoms with Gasteiger partial charge in [-0.15, -0.1) is 10.2 Å². The van der Waals surface area contributed by atoms with Gasteiger partial charge in [-0.3, -0.25) is 9.29 Å². The van der Waals surface area contributed by atoms with Crippen LogP contribution in [0.3, 0.4) is 0 Å². The van der Waals surface area contributed by atoms with Crippen LogP contribution in [0.15, 0.2) is 30.7 Å². The molecule has 3 atom stereocenters. The predicted molar refractivity (Wildman–Crippen MR) is 127 cm³/mol. The van der Waals surface area contributed by atoms with E-state index in [0.29, 0.717) is 17.3 Å². The van der Waals surface area contributed by atoms with Crippen molar-refractivity contribution in [3.8, 4) is 17.3 Å². The normalized spacial score (nSPS) is 17.1. The topological polar surface area (TPSA) is 143 Å². The molecule has 2 unspecified atom stereocenters. The summed E-state index contributed by atoms with van der Waals surface area (Å²) in [5.74, 6) is 1.14. The first kappa shape index (κ1) is 24.9. The van der Waals surface area contributed by atoms with Crippen molar-refractivity contribution in [3.63, 3.8) is 0 Å². The molecule has 188 valence electrons. The zero-order valence-electron chi connectivity index (χ0n) is 20.2. The Morgan fingerprint density at radius 3 is 2.63 bits per heavy atom. The van der Waals surface area contributed by atoms with Gasteiger partial charge >= 0.3 is 0 Å².